The van der Waals surface area contributed by atoms with Crippen LogP contribution in [-0.2, 0) is 9.53 Å². The SMILES string of the molecule is CC(=O)O[C@@H]1CC/C=C\CC[C@H]1O. The molecule has 0 spiro atoms. The molecule has 74 valence electrons. The number of hydrogen-bond acceptors (Lipinski definition) is 3. The van der Waals surface area contributed by atoms with Gasteiger partial charge in [0, 0.05) is 6.92 Å². The predicted molar refractivity (Wildman–Crippen MR) is 49.2 cm³/mol. The number of ether oxygens (including phenoxy) is 1. The molecule has 0 saturated heterocycles. The Morgan fingerprint density at radius 1 is 1.38 bits per heavy atom. The quantitative estimate of drug-likeness (QED) is 0.495. The highest BCUT2D eigenvalue weighted by atomic mass is 16.6. The van der Waals surface area contributed by atoms with Crippen LogP contribution in [0.2, 0.25) is 0 Å². The van der Waals surface area contributed by atoms with E-state index in [-0.39, 0.29) is 12.1 Å². The minimum atomic E-state index is -0.506. The van der Waals surface area contributed by atoms with Crippen LogP contribution in [0.25, 0.3) is 0 Å². The van der Waals surface area contributed by atoms with Crippen LogP contribution in [0.3, 0.4) is 0 Å². The molecule has 0 radical (unpaired) electrons. The zero-order valence-corrected chi connectivity index (χ0v) is 7.90. The topological polar surface area (TPSA) is 46.5 Å². The third-order valence-electron chi connectivity index (χ3n) is 2.16. The number of aliphatic hydroxyl groups is 1. The van der Waals surface area contributed by atoms with Gasteiger partial charge in [-0.3, -0.25) is 4.79 Å². The zero-order chi connectivity index (χ0) is 9.68. The van der Waals surface area contributed by atoms with Crippen LogP contribution in [0, 0.1) is 0 Å². The van der Waals surface area contributed by atoms with Crippen molar-refractivity contribution in [2.45, 2.75) is 44.8 Å². The molecular formula is C10H16O3. The fourth-order valence-electron chi connectivity index (χ4n) is 1.49. The van der Waals surface area contributed by atoms with E-state index in [1.807, 2.05) is 0 Å². The van der Waals surface area contributed by atoms with Crippen molar-refractivity contribution in [3.05, 3.63) is 12.2 Å². The summed E-state index contributed by atoms with van der Waals surface area (Å²) in [4.78, 5) is 10.7. The summed E-state index contributed by atoms with van der Waals surface area (Å²) in [5.41, 5.74) is 0. The van der Waals surface area contributed by atoms with E-state index in [1.54, 1.807) is 0 Å². The Labute approximate surface area is 78.4 Å². The second-order valence-corrected chi connectivity index (χ2v) is 3.34. The predicted octanol–water partition coefficient (Wildman–Crippen LogP) is 1.41. The Bertz CT molecular complexity index is 198. The molecule has 0 heterocycles. The Hall–Kier alpha value is -0.830. The summed E-state index contributed by atoms with van der Waals surface area (Å²) >= 11 is 0. The minimum Gasteiger partial charge on any atom is -0.460 e. The molecule has 0 aromatic rings. The first-order valence-corrected chi connectivity index (χ1v) is 4.70. The normalized spacial score (nSPS) is 31.5. The summed E-state index contributed by atoms with van der Waals surface area (Å²) in [6.45, 7) is 1.38. The molecule has 1 aliphatic rings. The fourth-order valence-corrected chi connectivity index (χ4v) is 1.49. The molecule has 0 saturated carbocycles. The number of allylic oxidation sites excluding steroid dienone is 2. The van der Waals surface area contributed by atoms with Crippen LogP contribution in [0.15, 0.2) is 12.2 Å². The van der Waals surface area contributed by atoms with Gasteiger partial charge in [-0.05, 0) is 25.7 Å². The van der Waals surface area contributed by atoms with Gasteiger partial charge in [0.25, 0.3) is 0 Å². The maximum Gasteiger partial charge on any atom is 0.302 e. The lowest BCUT2D eigenvalue weighted by molar-refractivity contribution is -0.153. The first-order valence-electron chi connectivity index (χ1n) is 4.70. The van der Waals surface area contributed by atoms with Gasteiger partial charge in [-0.15, -0.1) is 0 Å². The molecule has 1 aliphatic carbocycles. The fraction of sp³-hybridized carbons (Fsp3) is 0.700. The summed E-state index contributed by atoms with van der Waals surface area (Å²) in [5, 5.41) is 9.61. The largest absolute Gasteiger partial charge is 0.460 e. The van der Waals surface area contributed by atoms with Crippen LogP contribution in [0.5, 0.6) is 0 Å². The average molecular weight is 184 g/mol. The average Bonchev–Trinajstić information content (AvgIpc) is 2.04. The number of rotatable bonds is 1. The molecule has 0 amide bonds. The van der Waals surface area contributed by atoms with E-state index in [9.17, 15) is 9.90 Å². The highest BCUT2D eigenvalue weighted by Gasteiger charge is 2.21. The second-order valence-electron chi connectivity index (χ2n) is 3.34. The lowest BCUT2D eigenvalue weighted by Gasteiger charge is -2.23. The van der Waals surface area contributed by atoms with Gasteiger partial charge >= 0.3 is 5.97 Å². The number of hydrogen-bond donors (Lipinski definition) is 1. The summed E-state index contributed by atoms with van der Waals surface area (Å²) < 4.78 is 5.02. The number of aliphatic hydroxyl groups excluding tert-OH is 1. The van der Waals surface area contributed by atoms with Gasteiger partial charge in [0.1, 0.15) is 6.10 Å². The van der Waals surface area contributed by atoms with Crippen LogP contribution < -0.4 is 0 Å². The van der Waals surface area contributed by atoms with Gasteiger partial charge < -0.3 is 9.84 Å². The van der Waals surface area contributed by atoms with E-state index in [1.165, 1.54) is 6.92 Å². The number of carbonyl (C=O) groups excluding carboxylic acids is 1. The maximum absolute atomic E-state index is 10.7. The molecule has 0 aromatic heterocycles. The molecule has 3 heteroatoms. The Morgan fingerprint density at radius 2 is 2.00 bits per heavy atom. The standard InChI is InChI=1S/C10H16O3/c1-8(11)13-10-7-5-3-2-4-6-9(10)12/h2-3,9-10,12H,4-7H2,1H3/b3-2-/t9-,10-/m1/s1. The lowest BCUT2D eigenvalue weighted by atomic mass is 10.0. The van der Waals surface area contributed by atoms with Gasteiger partial charge in [-0.25, -0.2) is 0 Å². The summed E-state index contributed by atoms with van der Waals surface area (Å²) in [5.74, 6) is -0.311. The third-order valence-corrected chi connectivity index (χ3v) is 2.16. The van der Waals surface area contributed by atoms with Crippen molar-refractivity contribution in [1.82, 2.24) is 0 Å². The monoisotopic (exact) mass is 184 g/mol. The van der Waals surface area contributed by atoms with Gasteiger partial charge in [-0.2, -0.15) is 0 Å². The molecule has 0 unspecified atom stereocenters. The van der Waals surface area contributed by atoms with Crippen LogP contribution >= 0.6 is 0 Å². The van der Waals surface area contributed by atoms with Gasteiger partial charge in [0.05, 0.1) is 6.10 Å². The molecule has 1 N–H and O–H groups in total. The van der Waals surface area contributed by atoms with Crippen LogP contribution in [-0.4, -0.2) is 23.3 Å². The van der Waals surface area contributed by atoms with Crippen molar-refractivity contribution in [2.24, 2.45) is 0 Å². The molecule has 13 heavy (non-hydrogen) atoms. The summed E-state index contributed by atoms with van der Waals surface area (Å²) in [6, 6.07) is 0. The Kier molecular flexibility index (Phi) is 3.96. The van der Waals surface area contributed by atoms with Crippen molar-refractivity contribution in [1.29, 1.82) is 0 Å². The van der Waals surface area contributed by atoms with E-state index in [4.69, 9.17) is 4.74 Å². The molecule has 1 rings (SSSR count). The van der Waals surface area contributed by atoms with Crippen LogP contribution in [0.1, 0.15) is 32.6 Å². The highest BCUT2D eigenvalue weighted by Crippen LogP contribution is 2.16. The lowest BCUT2D eigenvalue weighted by Crippen LogP contribution is -2.31. The van der Waals surface area contributed by atoms with Crippen molar-refractivity contribution >= 4 is 5.97 Å². The molecular weight excluding hydrogens is 168 g/mol. The molecule has 0 bridgehead atoms. The second kappa shape index (κ2) is 5.02. The van der Waals surface area contributed by atoms with Crippen molar-refractivity contribution in [3.8, 4) is 0 Å². The summed E-state index contributed by atoms with van der Waals surface area (Å²) in [6.07, 6.45) is 6.44. The molecule has 0 aliphatic heterocycles. The van der Waals surface area contributed by atoms with Gasteiger partial charge in [0.15, 0.2) is 0 Å². The van der Waals surface area contributed by atoms with E-state index in [2.05, 4.69) is 12.2 Å². The van der Waals surface area contributed by atoms with E-state index < -0.39 is 6.10 Å². The molecule has 0 aromatic carbocycles. The highest BCUT2D eigenvalue weighted by molar-refractivity contribution is 5.66. The Morgan fingerprint density at radius 3 is 2.62 bits per heavy atom. The molecule has 0 fully saturated rings. The zero-order valence-electron chi connectivity index (χ0n) is 7.90. The first kappa shape index (κ1) is 10.3. The van der Waals surface area contributed by atoms with E-state index >= 15 is 0 Å². The summed E-state index contributed by atoms with van der Waals surface area (Å²) in [7, 11) is 0. The van der Waals surface area contributed by atoms with Crippen LogP contribution in [0.4, 0.5) is 0 Å². The number of esters is 1. The van der Waals surface area contributed by atoms with Crippen molar-refractivity contribution in [3.63, 3.8) is 0 Å². The maximum atomic E-state index is 10.7. The minimum absolute atomic E-state index is 0.311. The van der Waals surface area contributed by atoms with Crippen molar-refractivity contribution < 1.29 is 14.6 Å². The first-order chi connectivity index (χ1) is 6.20. The molecule has 3 nitrogen and oxygen atoms in total. The number of carbonyl (C=O) groups is 1. The third kappa shape index (κ3) is 3.59. The van der Waals surface area contributed by atoms with E-state index in [0.717, 1.165) is 19.3 Å². The van der Waals surface area contributed by atoms with Crippen molar-refractivity contribution in [2.75, 3.05) is 0 Å². The molecule has 2 atom stereocenters. The Balaban J connectivity index is 2.48. The van der Waals surface area contributed by atoms with Gasteiger partial charge in [0.2, 0.25) is 0 Å². The smallest absolute Gasteiger partial charge is 0.302 e. The van der Waals surface area contributed by atoms with E-state index in [0.29, 0.717) is 6.42 Å². The van der Waals surface area contributed by atoms with Gasteiger partial charge in [-0.1, -0.05) is 12.2 Å².